The van der Waals surface area contributed by atoms with E-state index in [2.05, 4.69) is 20.5 Å². The number of nitrogens with one attached hydrogen (secondary N) is 1. The Morgan fingerprint density at radius 3 is 2.80 bits per heavy atom. The van der Waals surface area contributed by atoms with Crippen molar-refractivity contribution in [1.82, 2.24) is 25.2 Å². The second-order valence-electron chi connectivity index (χ2n) is 3.63. The van der Waals surface area contributed by atoms with Crippen molar-refractivity contribution in [2.24, 2.45) is 0 Å². The lowest BCUT2D eigenvalue weighted by atomic mass is 10.1. The Morgan fingerprint density at radius 1 is 1.40 bits per heavy atom. The van der Waals surface area contributed by atoms with E-state index in [1.807, 2.05) is 13.8 Å². The zero-order valence-corrected chi connectivity index (χ0v) is 8.62. The van der Waals surface area contributed by atoms with Crippen LogP contribution in [0.4, 0.5) is 0 Å². The molecule has 0 aliphatic heterocycles. The van der Waals surface area contributed by atoms with Gasteiger partial charge < -0.3 is 5.11 Å². The molecule has 0 fully saturated rings. The average molecular weight is 207 g/mol. The number of aromatic nitrogens is 5. The molecule has 0 aliphatic carbocycles. The van der Waals surface area contributed by atoms with Crippen LogP contribution in [0.1, 0.15) is 37.3 Å². The van der Waals surface area contributed by atoms with Gasteiger partial charge in [0.25, 0.3) is 0 Å². The van der Waals surface area contributed by atoms with Gasteiger partial charge in [0.15, 0.2) is 0 Å². The van der Waals surface area contributed by atoms with Gasteiger partial charge in [0.2, 0.25) is 0 Å². The van der Waals surface area contributed by atoms with E-state index < -0.39 is 6.10 Å². The molecule has 0 saturated heterocycles. The van der Waals surface area contributed by atoms with Crippen LogP contribution in [0.3, 0.4) is 0 Å². The Morgan fingerprint density at radius 2 is 2.20 bits per heavy atom. The largest absolute Gasteiger partial charge is 0.382 e. The zero-order chi connectivity index (χ0) is 10.8. The standard InChI is InChI=1S/C9H13N5O/c1-6(2)14-8(5-12-13-14)9(15)7-3-10-11-4-7/h3-6,9,15H,1-2H3,(H,10,11). The van der Waals surface area contributed by atoms with Crippen molar-refractivity contribution in [2.45, 2.75) is 26.0 Å². The van der Waals surface area contributed by atoms with Crippen molar-refractivity contribution < 1.29 is 5.11 Å². The quantitative estimate of drug-likeness (QED) is 0.775. The maximum absolute atomic E-state index is 10.0. The fourth-order valence-corrected chi connectivity index (χ4v) is 1.43. The van der Waals surface area contributed by atoms with E-state index in [0.29, 0.717) is 11.3 Å². The Labute approximate surface area is 86.9 Å². The van der Waals surface area contributed by atoms with E-state index in [4.69, 9.17) is 0 Å². The number of hydrogen-bond donors (Lipinski definition) is 2. The highest BCUT2D eigenvalue weighted by Gasteiger charge is 2.18. The van der Waals surface area contributed by atoms with Gasteiger partial charge in [0.1, 0.15) is 6.10 Å². The minimum atomic E-state index is -0.735. The van der Waals surface area contributed by atoms with Crippen LogP contribution in [-0.4, -0.2) is 30.3 Å². The van der Waals surface area contributed by atoms with Crippen LogP contribution in [-0.2, 0) is 0 Å². The molecule has 0 saturated carbocycles. The van der Waals surface area contributed by atoms with Crippen LogP contribution < -0.4 is 0 Å². The predicted octanol–water partition coefficient (Wildman–Crippen LogP) is 0.664. The highest BCUT2D eigenvalue weighted by atomic mass is 16.3. The van der Waals surface area contributed by atoms with Crippen LogP contribution in [0.2, 0.25) is 0 Å². The Hall–Kier alpha value is -1.69. The van der Waals surface area contributed by atoms with E-state index in [-0.39, 0.29) is 6.04 Å². The molecule has 2 rings (SSSR count). The van der Waals surface area contributed by atoms with Gasteiger partial charge in [0, 0.05) is 17.8 Å². The van der Waals surface area contributed by atoms with Gasteiger partial charge in [-0.3, -0.25) is 5.10 Å². The topological polar surface area (TPSA) is 79.6 Å². The molecule has 0 bridgehead atoms. The number of aliphatic hydroxyl groups excluding tert-OH is 1. The molecule has 0 amide bonds. The summed E-state index contributed by atoms with van der Waals surface area (Å²) in [7, 11) is 0. The van der Waals surface area contributed by atoms with Gasteiger partial charge in [-0.25, -0.2) is 4.68 Å². The lowest BCUT2D eigenvalue weighted by molar-refractivity contribution is 0.205. The summed E-state index contributed by atoms with van der Waals surface area (Å²) in [5.41, 5.74) is 1.38. The molecule has 2 N–H and O–H groups in total. The highest BCUT2D eigenvalue weighted by Crippen LogP contribution is 2.21. The van der Waals surface area contributed by atoms with Crippen LogP contribution >= 0.6 is 0 Å². The van der Waals surface area contributed by atoms with Crippen molar-refractivity contribution in [2.75, 3.05) is 0 Å². The molecule has 0 aliphatic rings. The van der Waals surface area contributed by atoms with Gasteiger partial charge in [-0.05, 0) is 13.8 Å². The summed E-state index contributed by atoms with van der Waals surface area (Å²) < 4.78 is 1.69. The van der Waals surface area contributed by atoms with Gasteiger partial charge in [-0.15, -0.1) is 5.10 Å². The molecule has 1 unspecified atom stereocenters. The molecule has 2 aromatic heterocycles. The number of rotatable bonds is 3. The first-order valence-corrected chi connectivity index (χ1v) is 4.77. The van der Waals surface area contributed by atoms with E-state index in [1.165, 1.54) is 0 Å². The monoisotopic (exact) mass is 207 g/mol. The summed E-state index contributed by atoms with van der Waals surface area (Å²) in [4.78, 5) is 0. The van der Waals surface area contributed by atoms with Crippen LogP contribution in [0.15, 0.2) is 18.6 Å². The summed E-state index contributed by atoms with van der Waals surface area (Å²) in [6.07, 6.45) is 4.07. The maximum Gasteiger partial charge on any atom is 0.125 e. The first-order valence-electron chi connectivity index (χ1n) is 4.77. The summed E-state index contributed by atoms with van der Waals surface area (Å²) in [5.74, 6) is 0. The number of hydrogen-bond acceptors (Lipinski definition) is 4. The summed E-state index contributed by atoms with van der Waals surface area (Å²) >= 11 is 0. The lowest BCUT2D eigenvalue weighted by Gasteiger charge is -2.13. The Balaban J connectivity index is 2.33. The first kappa shape index (κ1) is 9.85. The fraction of sp³-hybridized carbons (Fsp3) is 0.444. The molecular formula is C9H13N5O. The molecule has 80 valence electrons. The fourth-order valence-electron chi connectivity index (χ4n) is 1.43. The predicted molar refractivity (Wildman–Crippen MR) is 53.1 cm³/mol. The number of aliphatic hydroxyl groups is 1. The van der Waals surface area contributed by atoms with Crippen molar-refractivity contribution in [1.29, 1.82) is 0 Å². The molecular weight excluding hydrogens is 194 g/mol. The maximum atomic E-state index is 10.0. The molecule has 0 aromatic carbocycles. The second kappa shape index (κ2) is 3.82. The number of H-pyrrole nitrogens is 1. The Kier molecular flexibility index (Phi) is 2.51. The van der Waals surface area contributed by atoms with Crippen molar-refractivity contribution >= 4 is 0 Å². The summed E-state index contributed by atoms with van der Waals surface area (Å²) in [6, 6.07) is 0.170. The van der Waals surface area contributed by atoms with E-state index in [0.717, 1.165) is 0 Å². The average Bonchev–Trinajstić information content (AvgIpc) is 2.88. The van der Waals surface area contributed by atoms with E-state index in [9.17, 15) is 5.11 Å². The molecule has 6 nitrogen and oxygen atoms in total. The molecule has 6 heteroatoms. The molecule has 2 heterocycles. The van der Waals surface area contributed by atoms with Gasteiger partial charge in [0.05, 0.1) is 18.1 Å². The van der Waals surface area contributed by atoms with Gasteiger partial charge >= 0.3 is 0 Å². The van der Waals surface area contributed by atoms with Gasteiger partial charge in [-0.1, -0.05) is 5.21 Å². The minimum absolute atomic E-state index is 0.170. The third-order valence-corrected chi connectivity index (χ3v) is 2.21. The summed E-state index contributed by atoms with van der Waals surface area (Å²) in [5, 5.41) is 24.2. The number of nitrogens with zero attached hydrogens (tertiary/aromatic N) is 4. The molecule has 0 spiro atoms. The highest BCUT2D eigenvalue weighted by molar-refractivity contribution is 5.18. The second-order valence-corrected chi connectivity index (χ2v) is 3.63. The lowest BCUT2D eigenvalue weighted by Crippen LogP contribution is -2.11. The van der Waals surface area contributed by atoms with E-state index in [1.54, 1.807) is 23.3 Å². The molecule has 1 atom stereocenters. The van der Waals surface area contributed by atoms with Gasteiger partial charge in [-0.2, -0.15) is 5.10 Å². The minimum Gasteiger partial charge on any atom is -0.382 e. The van der Waals surface area contributed by atoms with Crippen molar-refractivity contribution in [3.63, 3.8) is 0 Å². The Bertz CT molecular complexity index is 419. The third kappa shape index (κ3) is 1.75. The SMILES string of the molecule is CC(C)n1nncc1C(O)c1cn[nH]c1. The van der Waals surface area contributed by atoms with Crippen LogP contribution in [0, 0.1) is 0 Å². The molecule has 2 aromatic rings. The van der Waals surface area contributed by atoms with Crippen LogP contribution in [0.25, 0.3) is 0 Å². The van der Waals surface area contributed by atoms with Crippen molar-refractivity contribution in [3.8, 4) is 0 Å². The molecule has 15 heavy (non-hydrogen) atoms. The van der Waals surface area contributed by atoms with Crippen LogP contribution in [0.5, 0.6) is 0 Å². The first-order chi connectivity index (χ1) is 7.20. The number of aromatic amines is 1. The zero-order valence-electron chi connectivity index (χ0n) is 8.62. The summed E-state index contributed by atoms with van der Waals surface area (Å²) in [6.45, 7) is 3.97. The normalized spacial score (nSPS) is 13.3. The van der Waals surface area contributed by atoms with Crippen molar-refractivity contribution in [3.05, 3.63) is 29.8 Å². The van der Waals surface area contributed by atoms with E-state index >= 15 is 0 Å². The third-order valence-electron chi connectivity index (χ3n) is 2.21. The smallest absolute Gasteiger partial charge is 0.125 e. The molecule has 0 radical (unpaired) electrons.